The van der Waals surface area contributed by atoms with Gasteiger partial charge in [0.1, 0.15) is 0 Å². The minimum atomic E-state index is -3.32. The van der Waals surface area contributed by atoms with Gasteiger partial charge in [-0.2, -0.15) is 0 Å². The fourth-order valence-electron chi connectivity index (χ4n) is 4.00. The second kappa shape index (κ2) is 8.88. The third kappa shape index (κ3) is 4.65. The van der Waals surface area contributed by atoms with E-state index in [1.165, 1.54) is 27.8 Å². The Hall–Kier alpha value is -2.85. The minimum absolute atomic E-state index is 0.148. The van der Waals surface area contributed by atoms with Gasteiger partial charge >= 0.3 is 0 Å². The maximum absolute atomic E-state index is 12.3. The van der Waals surface area contributed by atoms with Crippen molar-refractivity contribution >= 4 is 27.4 Å². The van der Waals surface area contributed by atoms with E-state index in [1.54, 1.807) is 6.07 Å². The molecule has 1 N–H and O–H groups in total. The van der Waals surface area contributed by atoms with Gasteiger partial charge in [-0.05, 0) is 70.9 Å². The van der Waals surface area contributed by atoms with Crippen LogP contribution in [0.5, 0.6) is 0 Å². The van der Waals surface area contributed by atoms with Crippen molar-refractivity contribution < 1.29 is 8.42 Å². The summed E-state index contributed by atoms with van der Waals surface area (Å²) in [5.74, 6) is 0.148. The van der Waals surface area contributed by atoms with Gasteiger partial charge in [-0.3, -0.25) is 4.72 Å². The number of anilines is 1. The zero-order chi connectivity index (χ0) is 21.0. The zero-order valence-corrected chi connectivity index (χ0v) is 18.1. The molecule has 30 heavy (non-hydrogen) atoms. The van der Waals surface area contributed by atoms with Gasteiger partial charge in [-0.25, -0.2) is 8.42 Å². The van der Waals surface area contributed by atoms with Crippen LogP contribution in [0, 0.1) is 0 Å². The number of aryl methyl sites for hydroxylation is 2. The number of nitrogens with one attached hydrogen (secondary N) is 1. The molecule has 0 bridgehead atoms. The molecule has 4 rings (SSSR count). The number of sulfonamides is 1. The van der Waals surface area contributed by atoms with Gasteiger partial charge < -0.3 is 0 Å². The van der Waals surface area contributed by atoms with Crippen molar-refractivity contribution in [2.45, 2.75) is 32.6 Å². The standard InChI is InChI=1S/C26H27NO2S/c1-2-3-17-30(28,29)27-23-12-8-9-20(18-23)19-26-24-13-6-4-10-21(24)15-16-22-11-5-7-14-25(22)26/h4-14,18-19,27H,2-3,15-17H2,1H3. The van der Waals surface area contributed by atoms with Gasteiger partial charge in [0, 0.05) is 5.69 Å². The highest BCUT2D eigenvalue weighted by atomic mass is 32.2. The predicted molar refractivity (Wildman–Crippen MR) is 126 cm³/mol. The van der Waals surface area contributed by atoms with Gasteiger partial charge in [-0.1, -0.05) is 74.0 Å². The Labute approximate surface area is 179 Å². The zero-order valence-electron chi connectivity index (χ0n) is 17.3. The number of benzene rings is 3. The SMILES string of the molecule is CCCCS(=O)(=O)Nc1cccc(C=C2c3ccccc3CCc3ccccc32)c1. The summed E-state index contributed by atoms with van der Waals surface area (Å²) in [6.07, 6.45) is 5.72. The van der Waals surface area contributed by atoms with Gasteiger partial charge in [0.15, 0.2) is 0 Å². The quantitative estimate of drug-likeness (QED) is 0.541. The van der Waals surface area contributed by atoms with Crippen molar-refractivity contribution in [2.75, 3.05) is 10.5 Å². The molecule has 3 aromatic carbocycles. The van der Waals surface area contributed by atoms with Crippen LogP contribution in [0.25, 0.3) is 11.6 Å². The van der Waals surface area contributed by atoms with Crippen LogP contribution in [0.15, 0.2) is 72.8 Å². The van der Waals surface area contributed by atoms with Crippen LogP contribution in [0.4, 0.5) is 5.69 Å². The van der Waals surface area contributed by atoms with Crippen molar-refractivity contribution in [3.63, 3.8) is 0 Å². The van der Waals surface area contributed by atoms with E-state index in [9.17, 15) is 8.42 Å². The molecule has 0 unspecified atom stereocenters. The molecular formula is C26H27NO2S. The second-order valence-corrected chi connectivity index (χ2v) is 9.61. The average molecular weight is 418 g/mol. The van der Waals surface area contributed by atoms with E-state index < -0.39 is 10.0 Å². The van der Waals surface area contributed by atoms with E-state index in [2.05, 4.69) is 59.3 Å². The number of unbranched alkanes of at least 4 members (excludes halogenated alkanes) is 1. The molecule has 0 saturated heterocycles. The largest absolute Gasteiger partial charge is 0.284 e. The molecule has 1 aliphatic rings. The summed E-state index contributed by atoms with van der Waals surface area (Å²) in [7, 11) is -3.32. The maximum Gasteiger partial charge on any atom is 0.232 e. The summed E-state index contributed by atoms with van der Waals surface area (Å²) in [6, 6.07) is 24.8. The Morgan fingerprint density at radius 1 is 0.867 bits per heavy atom. The van der Waals surface area contributed by atoms with Crippen molar-refractivity contribution in [1.29, 1.82) is 0 Å². The Kier molecular flexibility index (Phi) is 6.05. The molecule has 4 heteroatoms. The molecule has 0 amide bonds. The maximum atomic E-state index is 12.3. The number of fused-ring (bicyclic) bond motifs is 2. The van der Waals surface area contributed by atoms with E-state index in [1.807, 2.05) is 25.1 Å². The van der Waals surface area contributed by atoms with Crippen LogP contribution >= 0.6 is 0 Å². The monoisotopic (exact) mass is 417 g/mol. The Morgan fingerprint density at radius 3 is 2.13 bits per heavy atom. The van der Waals surface area contributed by atoms with E-state index in [4.69, 9.17) is 0 Å². The molecule has 1 aliphatic carbocycles. The summed E-state index contributed by atoms with van der Waals surface area (Å²) in [6.45, 7) is 1.99. The first-order chi connectivity index (χ1) is 14.6. The molecule has 0 heterocycles. The van der Waals surface area contributed by atoms with Crippen molar-refractivity contribution in [1.82, 2.24) is 0 Å². The molecule has 0 radical (unpaired) electrons. The smallest absolute Gasteiger partial charge is 0.232 e. The topological polar surface area (TPSA) is 46.2 Å². The lowest BCUT2D eigenvalue weighted by molar-refractivity contribution is 0.598. The van der Waals surface area contributed by atoms with E-state index in [0.717, 1.165) is 24.8 Å². The Balaban J connectivity index is 1.75. The molecule has 0 aromatic heterocycles. The van der Waals surface area contributed by atoms with E-state index in [-0.39, 0.29) is 5.75 Å². The minimum Gasteiger partial charge on any atom is -0.284 e. The van der Waals surface area contributed by atoms with Crippen molar-refractivity contribution in [3.8, 4) is 0 Å². The lowest BCUT2D eigenvalue weighted by Gasteiger charge is -2.13. The highest BCUT2D eigenvalue weighted by Gasteiger charge is 2.17. The van der Waals surface area contributed by atoms with Crippen LogP contribution in [0.1, 0.15) is 47.6 Å². The van der Waals surface area contributed by atoms with Crippen molar-refractivity contribution in [3.05, 3.63) is 101 Å². The average Bonchev–Trinajstić information content (AvgIpc) is 2.90. The van der Waals surface area contributed by atoms with E-state index >= 15 is 0 Å². The Bertz CT molecular complexity index is 1130. The molecule has 0 saturated carbocycles. The van der Waals surface area contributed by atoms with Gasteiger partial charge in [0.2, 0.25) is 10.0 Å². The molecule has 0 fully saturated rings. The lowest BCUT2D eigenvalue weighted by Crippen LogP contribution is -2.16. The number of rotatable bonds is 6. The number of hydrogen-bond acceptors (Lipinski definition) is 2. The molecule has 3 nitrogen and oxygen atoms in total. The fourth-order valence-corrected chi connectivity index (χ4v) is 5.25. The third-order valence-electron chi connectivity index (χ3n) is 5.52. The van der Waals surface area contributed by atoms with Crippen LogP contribution in [0.2, 0.25) is 0 Å². The summed E-state index contributed by atoms with van der Waals surface area (Å²) in [5, 5.41) is 0. The lowest BCUT2D eigenvalue weighted by atomic mass is 9.92. The molecule has 3 aromatic rings. The first-order valence-corrected chi connectivity index (χ1v) is 12.2. The Morgan fingerprint density at radius 2 is 1.50 bits per heavy atom. The van der Waals surface area contributed by atoms with Gasteiger partial charge in [0.25, 0.3) is 0 Å². The van der Waals surface area contributed by atoms with Crippen LogP contribution in [-0.4, -0.2) is 14.2 Å². The highest BCUT2D eigenvalue weighted by Crippen LogP contribution is 2.35. The van der Waals surface area contributed by atoms with Crippen LogP contribution in [0.3, 0.4) is 0 Å². The van der Waals surface area contributed by atoms with Gasteiger partial charge in [-0.15, -0.1) is 0 Å². The molecular weight excluding hydrogens is 390 g/mol. The number of hydrogen-bond donors (Lipinski definition) is 1. The highest BCUT2D eigenvalue weighted by molar-refractivity contribution is 7.92. The van der Waals surface area contributed by atoms with Crippen LogP contribution in [-0.2, 0) is 22.9 Å². The summed E-state index contributed by atoms with van der Waals surface area (Å²) < 4.78 is 27.3. The van der Waals surface area contributed by atoms with Crippen molar-refractivity contribution in [2.24, 2.45) is 0 Å². The fraction of sp³-hybridized carbons (Fsp3) is 0.231. The summed E-state index contributed by atoms with van der Waals surface area (Å²) >= 11 is 0. The first kappa shape index (κ1) is 20.4. The first-order valence-electron chi connectivity index (χ1n) is 10.5. The molecule has 0 aliphatic heterocycles. The predicted octanol–water partition coefficient (Wildman–Crippen LogP) is 5.92. The molecule has 0 spiro atoms. The van der Waals surface area contributed by atoms with Crippen LogP contribution < -0.4 is 4.72 Å². The van der Waals surface area contributed by atoms with E-state index in [0.29, 0.717) is 12.1 Å². The summed E-state index contributed by atoms with van der Waals surface area (Å²) in [4.78, 5) is 0. The second-order valence-electron chi connectivity index (χ2n) is 7.77. The normalized spacial score (nSPS) is 13.2. The molecule has 0 atom stereocenters. The van der Waals surface area contributed by atoms with Gasteiger partial charge in [0.05, 0.1) is 5.75 Å². The molecule has 154 valence electrons. The summed E-state index contributed by atoms with van der Waals surface area (Å²) in [5.41, 5.74) is 7.95. The third-order valence-corrected chi connectivity index (χ3v) is 6.89.